The Labute approximate surface area is 193 Å². The zero-order chi connectivity index (χ0) is 23.8. The van der Waals surface area contributed by atoms with E-state index in [1.807, 2.05) is 0 Å². The molecule has 4 rings (SSSR count). The summed E-state index contributed by atoms with van der Waals surface area (Å²) in [6, 6.07) is 12.1. The maximum absolute atomic E-state index is 13.2. The molecule has 0 fully saturated rings. The monoisotopic (exact) mass is 476 g/mol. The SMILES string of the molecule is COc1cccc2nc(Cl)nc(OCc3ccc(-c4nc(C(F)(F)F)cn4C(C)C)cc3)c12. The van der Waals surface area contributed by atoms with Crippen LogP contribution in [-0.2, 0) is 12.8 Å². The second kappa shape index (κ2) is 8.90. The maximum Gasteiger partial charge on any atom is 0.434 e. The van der Waals surface area contributed by atoms with Crippen molar-refractivity contribution in [2.45, 2.75) is 32.7 Å². The van der Waals surface area contributed by atoms with Crippen molar-refractivity contribution in [3.63, 3.8) is 0 Å². The van der Waals surface area contributed by atoms with Crippen LogP contribution in [0.2, 0.25) is 5.28 Å². The predicted octanol–water partition coefficient (Wildman–Crippen LogP) is 6.33. The van der Waals surface area contributed by atoms with Crippen molar-refractivity contribution < 1.29 is 22.6 Å². The Morgan fingerprint density at radius 3 is 2.39 bits per heavy atom. The van der Waals surface area contributed by atoms with Gasteiger partial charge in [-0.15, -0.1) is 0 Å². The topological polar surface area (TPSA) is 62.1 Å². The van der Waals surface area contributed by atoms with Gasteiger partial charge in [0.1, 0.15) is 23.6 Å². The number of benzene rings is 2. The van der Waals surface area contributed by atoms with Crippen LogP contribution >= 0.6 is 11.6 Å². The van der Waals surface area contributed by atoms with E-state index in [1.54, 1.807) is 56.3 Å². The summed E-state index contributed by atoms with van der Waals surface area (Å²) in [6.07, 6.45) is -3.47. The highest BCUT2D eigenvalue weighted by Crippen LogP contribution is 2.34. The summed E-state index contributed by atoms with van der Waals surface area (Å²) in [5.74, 6) is 1.08. The van der Waals surface area contributed by atoms with E-state index in [0.717, 1.165) is 11.8 Å². The third kappa shape index (κ3) is 4.73. The predicted molar refractivity (Wildman–Crippen MR) is 118 cm³/mol. The van der Waals surface area contributed by atoms with Crippen molar-refractivity contribution in [1.29, 1.82) is 0 Å². The molecular weight excluding hydrogens is 457 g/mol. The first-order valence-corrected chi connectivity index (χ1v) is 10.4. The lowest BCUT2D eigenvalue weighted by Crippen LogP contribution is -2.05. The molecule has 0 aliphatic heterocycles. The molecule has 0 saturated carbocycles. The van der Waals surface area contributed by atoms with Crippen molar-refractivity contribution in [2.75, 3.05) is 7.11 Å². The molecule has 0 radical (unpaired) electrons. The number of nitrogens with zero attached hydrogens (tertiary/aromatic N) is 4. The van der Waals surface area contributed by atoms with E-state index in [-0.39, 0.29) is 29.6 Å². The Bertz CT molecular complexity index is 1290. The Kier molecular flexibility index (Phi) is 6.16. The molecule has 0 unspecified atom stereocenters. The van der Waals surface area contributed by atoms with Crippen LogP contribution in [0.15, 0.2) is 48.7 Å². The van der Waals surface area contributed by atoms with Crippen molar-refractivity contribution in [3.8, 4) is 23.0 Å². The molecule has 33 heavy (non-hydrogen) atoms. The van der Waals surface area contributed by atoms with Gasteiger partial charge in [-0.2, -0.15) is 18.2 Å². The summed E-state index contributed by atoms with van der Waals surface area (Å²) in [6.45, 7) is 3.77. The van der Waals surface area contributed by atoms with E-state index in [0.29, 0.717) is 22.2 Å². The third-order valence-corrected chi connectivity index (χ3v) is 5.18. The number of imidazole rings is 1. The zero-order valence-corrected chi connectivity index (χ0v) is 18.8. The fraction of sp³-hybridized carbons (Fsp3) is 0.261. The average molecular weight is 477 g/mol. The normalized spacial score (nSPS) is 11.9. The van der Waals surface area contributed by atoms with Gasteiger partial charge in [-0.25, -0.2) is 9.97 Å². The first kappa shape index (κ1) is 22.8. The average Bonchev–Trinajstić information content (AvgIpc) is 3.23. The van der Waals surface area contributed by atoms with Crippen molar-refractivity contribution >= 4 is 22.5 Å². The largest absolute Gasteiger partial charge is 0.496 e. The summed E-state index contributed by atoms with van der Waals surface area (Å²) in [4.78, 5) is 12.2. The standard InChI is InChI=1S/C23H20ClF3N4O2/c1-13(2)31-11-18(23(25,26)27)29-20(31)15-9-7-14(8-10-15)12-33-21-19-16(28-22(24)30-21)5-4-6-17(19)32-3/h4-11,13H,12H2,1-3H3. The number of alkyl halides is 3. The molecule has 6 nitrogen and oxygen atoms in total. The molecule has 0 bridgehead atoms. The number of aromatic nitrogens is 4. The molecule has 0 aliphatic rings. The molecule has 0 saturated heterocycles. The van der Waals surface area contributed by atoms with E-state index in [4.69, 9.17) is 21.1 Å². The van der Waals surface area contributed by atoms with Gasteiger partial charge in [0.05, 0.1) is 12.6 Å². The molecule has 2 heterocycles. The molecule has 172 valence electrons. The fourth-order valence-corrected chi connectivity index (χ4v) is 3.57. The summed E-state index contributed by atoms with van der Waals surface area (Å²) in [5.41, 5.74) is 1.02. The number of halogens is 4. The third-order valence-electron chi connectivity index (χ3n) is 5.01. The van der Waals surface area contributed by atoms with Crippen LogP contribution in [-0.4, -0.2) is 26.6 Å². The lowest BCUT2D eigenvalue weighted by atomic mass is 10.1. The van der Waals surface area contributed by atoms with E-state index in [2.05, 4.69) is 15.0 Å². The molecule has 2 aromatic heterocycles. The number of hydrogen-bond acceptors (Lipinski definition) is 5. The van der Waals surface area contributed by atoms with E-state index in [9.17, 15) is 13.2 Å². The quantitative estimate of drug-likeness (QED) is 0.304. The van der Waals surface area contributed by atoms with Crippen LogP contribution in [0, 0.1) is 0 Å². The van der Waals surface area contributed by atoms with Crippen LogP contribution < -0.4 is 9.47 Å². The molecule has 2 aromatic carbocycles. The van der Waals surface area contributed by atoms with Gasteiger partial charge in [0.25, 0.3) is 0 Å². The molecule has 0 spiro atoms. The van der Waals surface area contributed by atoms with E-state index >= 15 is 0 Å². The number of hydrogen-bond donors (Lipinski definition) is 0. The molecule has 0 N–H and O–H groups in total. The molecule has 4 aromatic rings. The minimum Gasteiger partial charge on any atom is -0.496 e. The summed E-state index contributed by atoms with van der Waals surface area (Å²) >= 11 is 6.03. The first-order chi connectivity index (χ1) is 15.7. The number of rotatable bonds is 6. The number of fused-ring (bicyclic) bond motifs is 1. The summed E-state index contributed by atoms with van der Waals surface area (Å²) < 4.78 is 52.3. The van der Waals surface area contributed by atoms with Gasteiger partial charge in [0.2, 0.25) is 11.2 Å². The van der Waals surface area contributed by atoms with Gasteiger partial charge in [0.15, 0.2) is 5.69 Å². The first-order valence-electron chi connectivity index (χ1n) is 10.1. The van der Waals surface area contributed by atoms with Crippen LogP contribution in [0.1, 0.15) is 31.1 Å². The van der Waals surface area contributed by atoms with Gasteiger partial charge in [-0.3, -0.25) is 0 Å². The number of methoxy groups -OCH3 is 1. The molecular formula is C23H20ClF3N4O2. The highest BCUT2D eigenvalue weighted by molar-refractivity contribution is 6.28. The lowest BCUT2D eigenvalue weighted by Gasteiger charge is -2.13. The Morgan fingerprint density at radius 2 is 1.76 bits per heavy atom. The molecule has 0 amide bonds. The van der Waals surface area contributed by atoms with Crippen molar-refractivity contribution in [2.24, 2.45) is 0 Å². The van der Waals surface area contributed by atoms with Gasteiger partial charge in [-0.05, 0) is 43.1 Å². The minimum atomic E-state index is -4.51. The lowest BCUT2D eigenvalue weighted by molar-refractivity contribution is -0.140. The molecule has 0 atom stereocenters. The maximum atomic E-state index is 13.2. The summed E-state index contributed by atoms with van der Waals surface area (Å²) in [5, 5.41) is 0.641. The van der Waals surface area contributed by atoms with E-state index < -0.39 is 11.9 Å². The highest BCUT2D eigenvalue weighted by atomic mass is 35.5. The highest BCUT2D eigenvalue weighted by Gasteiger charge is 2.35. The van der Waals surface area contributed by atoms with E-state index in [1.165, 1.54) is 11.7 Å². The minimum absolute atomic E-state index is 0.0436. The van der Waals surface area contributed by atoms with Gasteiger partial charge in [-0.1, -0.05) is 30.3 Å². The van der Waals surface area contributed by atoms with Crippen LogP contribution in [0.5, 0.6) is 11.6 Å². The Hall–Kier alpha value is -3.33. The second-order valence-corrected chi connectivity index (χ2v) is 7.92. The van der Waals surface area contributed by atoms with Gasteiger partial charge < -0.3 is 14.0 Å². The Morgan fingerprint density at radius 1 is 1.03 bits per heavy atom. The Balaban J connectivity index is 1.60. The van der Waals surface area contributed by atoms with Crippen LogP contribution in [0.3, 0.4) is 0 Å². The van der Waals surface area contributed by atoms with Gasteiger partial charge in [0, 0.05) is 17.8 Å². The number of ether oxygens (including phenoxy) is 2. The van der Waals surface area contributed by atoms with Crippen LogP contribution in [0.4, 0.5) is 13.2 Å². The molecule has 10 heteroatoms. The van der Waals surface area contributed by atoms with Crippen molar-refractivity contribution in [3.05, 3.63) is 65.2 Å². The zero-order valence-electron chi connectivity index (χ0n) is 18.0. The smallest absolute Gasteiger partial charge is 0.434 e. The van der Waals surface area contributed by atoms with Crippen molar-refractivity contribution in [1.82, 2.24) is 19.5 Å². The molecule has 0 aliphatic carbocycles. The fourth-order valence-electron chi connectivity index (χ4n) is 3.41. The van der Waals surface area contributed by atoms with Gasteiger partial charge >= 0.3 is 6.18 Å². The van der Waals surface area contributed by atoms with Crippen LogP contribution in [0.25, 0.3) is 22.3 Å². The summed E-state index contributed by atoms with van der Waals surface area (Å²) in [7, 11) is 1.54. The second-order valence-electron chi connectivity index (χ2n) is 7.59.